The number of rotatable bonds is 5. The maximum atomic E-state index is 12.7. The maximum absolute atomic E-state index is 12.7. The molecular weight excluding hydrogens is 463 g/mol. The molecule has 1 atom stereocenters. The average Bonchev–Trinajstić information content (AvgIpc) is 2.70. The molecule has 174 valence electrons. The Balaban J connectivity index is 1.12. The highest BCUT2D eigenvalue weighted by atomic mass is 35.5. The predicted molar refractivity (Wildman–Crippen MR) is 110 cm³/mol. The summed E-state index contributed by atoms with van der Waals surface area (Å²) in [6.45, 7) is 0. The van der Waals surface area contributed by atoms with Crippen LogP contribution in [0, 0.1) is 0 Å². The van der Waals surface area contributed by atoms with Gasteiger partial charge in [-0.25, -0.2) is 4.98 Å². The molecule has 7 nitrogen and oxygen atoms in total. The van der Waals surface area contributed by atoms with Crippen molar-refractivity contribution in [3.8, 4) is 11.6 Å². The van der Waals surface area contributed by atoms with E-state index in [2.05, 4.69) is 20.4 Å². The largest absolute Gasteiger partial charge is 0.574 e. The van der Waals surface area contributed by atoms with Crippen LogP contribution in [0.4, 0.5) is 13.2 Å². The zero-order valence-corrected chi connectivity index (χ0v) is 17.9. The summed E-state index contributed by atoms with van der Waals surface area (Å²) in [7, 11) is 0. The Bertz CT molecular complexity index is 1100. The zero-order valence-electron chi connectivity index (χ0n) is 17.2. The van der Waals surface area contributed by atoms with Crippen LogP contribution in [0.1, 0.15) is 41.6 Å². The summed E-state index contributed by atoms with van der Waals surface area (Å²) in [5.41, 5.74) is 0.312. The van der Waals surface area contributed by atoms with Crippen LogP contribution in [0.25, 0.3) is 0 Å². The molecule has 1 aliphatic heterocycles. The van der Waals surface area contributed by atoms with Crippen molar-refractivity contribution in [3.63, 3.8) is 0 Å². The topological polar surface area (TPSA) is 89.6 Å². The number of aromatic nitrogens is 1. The lowest BCUT2D eigenvalue weighted by atomic mass is 9.44. The lowest BCUT2D eigenvalue weighted by Gasteiger charge is -2.70. The molecule has 0 unspecified atom stereocenters. The number of amides is 2. The van der Waals surface area contributed by atoms with Crippen LogP contribution in [0.2, 0.25) is 5.02 Å². The fourth-order valence-corrected chi connectivity index (χ4v) is 5.14. The van der Waals surface area contributed by atoms with E-state index in [1.165, 1.54) is 6.07 Å². The minimum absolute atomic E-state index is 0.127. The number of hydrogen-bond donors (Lipinski definition) is 2. The number of ether oxygens (including phenoxy) is 2. The van der Waals surface area contributed by atoms with Crippen molar-refractivity contribution in [2.75, 3.05) is 0 Å². The molecule has 6 rings (SSSR count). The molecule has 2 aromatic rings. The normalized spacial score (nSPS) is 27.2. The molecule has 1 aromatic heterocycles. The van der Waals surface area contributed by atoms with E-state index >= 15 is 0 Å². The van der Waals surface area contributed by atoms with Gasteiger partial charge in [-0.15, -0.1) is 13.2 Å². The van der Waals surface area contributed by atoms with Gasteiger partial charge < -0.3 is 20.1 Å². The molecule has 2 bridgehead atoms. The number of alkyl halides is 3. The van der Waals surface area contributed by atoms with Gasteiger partial charge in [0, 0.05) is 28.4 Å². The molecule has 2 N–H and O–H groups in total. The number of nitrogens with zero attached hydrogens (tertiary/aromatic N) is 1. The van der Waals surface area contributed by atoms with E-state index in [4.69, 9.17) is 16.3 Å². The molecule has 0 saturated heterocycles. The van der Waals surface area contributed by atoms with Crippen molar-refractivity contribution in [1.29, 1.82) is 0 Å². The zero-order chi connectivity index (χ0) is 23.4. The van der Waals surface area contributed by atoms with E-state index in [0.29, 0.717) is 42.9 Å². The number of fused-ring (bicyclic) bond motifs is 1. The fraction of sp³-hybridized carbons (Fsp3) is 0.409. The van der Waals surface area contributed by atoms with E-state index in [-0.39, 0.29) is 17.0 Å². The Morgan fingerprint density at radius 3 is 2.52 bits per heavy atom. The molecule has 0 spiro atoms. The van der Waals surface area contributed by atoms with Crippen molar-refractivity contribution in [3.05, 3.63) is 52.7 Å². The molecule has 3 aliphatic carbocycles. The van der Waals surface area contributed by atoms with Crippen LogP contribution in [-0.4, -0.2) is 40.3 Å². The standard InChI is InChI=1S/C22H19ClF3N3O4/c23-14-3-5-15-12(7-14)1-4-16(32-15)19(31)29-21-9-20(10-21,11-21)28-18(30)13-2-6-17(27-8-13)33-22(24,25)26/h2-3,5-8,16H,1,4,9-11H2,(H,28,30)(H,29,31)/t16-,20?,21?/m1/s1. The smallest absolute Gasteiger partial charge is 0.480 e. The summed E-state index contributed by atoms with van der Waals surface area (Å²) < 4.78 is 46.2. The Morgan fingerprint density at radius 1 is 1.12 bits per heavy atom. The van der Waals surface area contributed by atoms with Gasteiger partial charge in [0.25, 0.3) is 11.8 Å². The monoisotopic (exact) mass is 481 g/mol. The number of aryl methyl sites for hydroxylation is 1. The van der Waals surface area contributed by atoms with Crippen LogP contribution >= 0.6 is 11.6 Å². The quantitative estimate of drug-likeness (QED) is 0.682. The Hall–Kier alpha value is -3.01. The summed E-state index contributed by atoms with van der Waals surface area (Å²) in [5, 5.41) is 6.59. The highest BCUT2D eigenvalue weighted by Gasteiger charge is 2.69. The van der Waals surface area contributed by atoms with Crippen LogP contribution < -0.4 is 20.1 Å². The number of carbonyl (C=O) groups is 2. The van der Waals surface area contributed by atoms with Gasteiger partial charge in [0.2, 0.25) is 5.88 Å². The van der Waals surface area contributed by atoms with Gasteiger partial charge in [-0.05, 0) is 61.9 Å². The number of carbonyl (C=O) groups excluding carboxylic acids is 2. The molecule has 2 amide bonds. The first kappa shape index (κ1) is 21.8. The first-order valence-electron chi connectivity index (χ1n) is 10.4. The highest BCUT2D eigenvalue weighted by molar-refractivity contribution is 6.30. The van der Waals surface area contributed by atoms with Crippen molar-refractivity contribution in [1.82, 2.24) is 15.6 Å². The molecular formula is C22H19ClF3N3O4. The Kier molecular flexibility index (Phi) is 4.97. The number of halogens is 4. The van der Waals surface area contributed by atoms with Gasteiger partial charge >= 0.3 is 6.36 Å². The molecule has 33 heavy (non-hydrogen) atoms. The third kappa shape index (κ3) is 4.31. The lowest BCUT2D eigenvalue weighted by Crippen LogP contribution is -2.84. The molecule has 3 saturated carbocycles. The third-order valence-electron chi connectivity index (χ3n) is 6.28. The molecule has 4 aliphatic rings. The lowest BCUT2D eigenvalue weighted by molar-refractivity contribution is -0.276. The second kappa shape index (κ2) is 7.51. The van der Waals surface area contributed by atoms with E-state index < -0.39 is 29.8 Å². The molecule has 1 aromatic carbocycles. The Morgan fingerprint density at radius 2 is 1.85 bits per heavy atom. The molecule has 0 radical (unpaired) electrons. The number of benzene rings is 1. The number of nitrogens with one attached hydrogen (secondary N) is 2. The van der Waals surface area contributed by atoms with E-state index in [9.17, 15) is 22.8 Å². The SMILES string of the molecule is O=C(NC12CC(NC(=O)[C@H]3CCc4cc(Cl)ccc4O3)(C1)C2)c1ccc(OC(F)(F)F)nc1. The average molecular weight is 482 g/mol. The summed E-state index contributed by atoms with van der Waals surface area (Å²) >= 11 is 6.00. The van der Waals surface area contributed by atoms with Crippen LogP contribution in [-0.2, 0) is 11.2 Å². The van der Waals surface area contributed by atoms with E-state index in [0.717, 1.165) is 17.8 Å². The number of hydrogen-bond acceptors (Lipinski definition) is 5. The van der Waals surface area contributed by atoms with Crippen LogP contribution in [0.3, 0.4) is 0 Å². The van der Waals surface area contributed by atoms with Gasteiger partial charge in [-0.2, -0.15) is 0 Å². The molecule has 3 fully saturated rings. The second-order valence-electron chi connectivity index (χ2n) is 8.86. The van der Waals surface area contributed by atoms with Gasteiger partial charge in [0.1, 0.15) is 5.75 Å². The highest BCUT2D eigenvalue weighted by Crippen LogP contribution is 2.60. The van der Waals surface area contributed by atoms with Gasteiger partial charge in [-0.3, -0.25) is 9.59 Å². The van der Waals surface area contributed by atoms with E-state index in [1.807, 2.05) is 6.07 Å². The molecule has 2 heterocycles. The van der Waals surface area contributed by atoms with Crippen LogP contribution in [0.5, 0.6) is 11.6 Å². The summed E-state index contributed by atoms with van der Waals surface area (Å²) in [5.74, 6) is -0.597. The van der Waals surface area contributed by atoms with Gasteiger partial charge in [0.05, 0.1) is 5.56 Å². The Labute approximate surface area is 191 Å². The van der Waals surface area contributed by atoms with E-state index in [1.54, 1.807) is 12.1 Å². The third-order valence-corrected chi connectivity index (χ3v) is 6.51. The maximum Gasteiger partial charge on any atom is 0.574 e. The minimum Gasteiger partial charge on any atom is -0.480 e. The minimum atomic E-state index is -4.85. The second-order valence-corrected chi connectivity index (χ2v) is 9.30. The summed E-state index contributed by atoms with van der Waals surface area (Å²) in [6, 6.07) is 7.53. The first-order valence-corrected chi connectivity index (χ1v) is 10.7. The van der Waals surface area contributed by atoms with Crippen LogP contribution in [0.15, 0.2) is 36.5 Å². The first-order chi connectivity index (χ1) is 15.5. The van der Waals surface area contributed by atoms with Crippen molar-refractivity contribution in [2.45, 2.75) is 55.6 Å². The summed E-state index contributed by atoms with van der Waals surface area (Å²) in [6.07, 6.45) is -1.40. The number of pyridine rings is 1. The van der Waals surface area contributed by atoms with Crippen molar-refractivity contribution >= 4 is 23.4 Å². The van der Waals surface area contributed by atoms with Crippen molar-refractivity contribution in [2.24, 2.45) is 0 Å². The van der Waals surface area contributed by atoms with Gasteiger partial charge in [0.15, 0.2) is 6.10 Å². The molecule has 11 heteroatoms. The fourth-order valence-electron chi connectivity index (χ4n) is 4.94. The van der Waals surface area contributed by atoms with Crippen molar-refractivity contribution < 1.29 is 32.2 Å². The predicted octanol–water partition coefficient (Wildman–Crippen LogP) is 3.55. The van der Waals surface area contributed by atoms with Gasteiger partial charge in [-0.1, -0.05) is 11.6 Å². The summed E-state index contributed by atoms with van der Waals surface area (Å²) in [4.78, 5) is 28.7.